The maximum Gasteiger partial charge on any atom is 0.295 e. The molecule has 0 fully saturated rings. The predicted molar refractivity (Wildman–Crippen MR) is 123 cm³/mol. The molecule has 0 saturated heterocycles. The molecule has 0 bridgehead atoms. The highest BCUT2D eigenvalue weighted by Gasteiger charge is 2.20. The maximum absolute atomic E-state index is 12.8. The highest BCUT2D eigenvalue weighted by atomic mass is 35.5. The lowest BCUT2D eigenvalue weighted by molar-refractivity contribution is -0.384. The van der Waals surface area contributed by atoms with Crippen LogP contribution in [-0.2, 0) is 0 Å². The highest BCUT2D eigenvalue weighted by molar-refractivity contribution is 6.42. The minimum Gasteiger partial charge on any atom is -0.319 e. The van der Waals surface area contributed by atoms with Gasteiger partial charge in [-0.15, -0.1) is 5.10 Å². The number of hydrogen-bond donors (Lipinski definition) is 1. The molecule has 0 aliphatic rings. The fourth-order valence-corrected chi connectivity index (χ4v) is 3.35. The van der Waals surface area contributed by atoms with Gasteiger partial charge in [-0.3, -0.25) is 14.9 Å². The number of hydrogen-bond acceptors (Lipinski definition) is 5. The number of halogens is 2. The molecule has 1 N–H and O–H groups in total. The molecular weight excluding hydrogens is 453 g/mol. The molecular formula is C22H15Cl2N5O3. The molecule has 1 amide bonds. The summed E-state index contributed by atoms with van der Waals surface area (Å²) in [5, 5.41) is 18.7. The third kappa shape index (κ3) is 4.46. The quantitative estimate of drug-likeness (QED) is 0.299. The van der Waals surface area contributed by atoms with E-state index in [2.05, 4.69) is 15.4 Å². The maximum atomic E-state index is 12.8. The van der Waals surface area contributed by atoms with Crippen LogP contribution >= 0.6 is 23.2 Å². The van der Waals surface area contributed by atoms with Gasteiger partial charge in [-0.25, -0.2) is 9.67 Å². The van der Waals surface area contributed by atoms with Crippen LogP contribution in [0.2, 0.25) is 10.0 Å². The van der Waals surface area contributed by atoms with Crippen LogP contribution in [0.5, 0.6) is 0 Å². The topological polar surface area (TPSA) is 103 Å². The van der Waals surface area contributed by atoms with E-state index >= 15 is 0 Å². The Morgan fingerprint density at radius 1 is 1.03 bits per heavy atom. The number of aryl methyl sites for hydroxylation is 1. The van der Waals surface area contributed by atoms with Crippen LogP contribution in [0.4, 0.5) is 11.4 Å². The monoisotopic (exact) mass is 467 g/mol. The van der Waals surface area contributed by atoms with Crippen LogP contribution in [0.15, 0.2) is 66.7 Å². The van der Waals surface area contributed by atoms with E-state index in [0.29, 0.717) is 21.6 Å². The molecule has 8 nitrogen and oxygen atoms in total. The summed E-state index contributed by atoms with van der Waals surface area (Å²) in [6.07, 6.45) is 0. The van der Waals surface area contributed by atoms with Gasteiger partial charge in [0, 0.05) is 23.4 Å². The molecule has 1 aromatic heterocycles. The second-order valence-electron chi connectivity index (χ2n) is 6.90. The van der Waals surface area contributed by atoms with Crippen LogP contribution < -0.4 is 5.32 Å². The summed E-state index contributed by atoms with van der Waals surface area (Å²) in [5.41, 5.74) is 2.44. The largest absolute Gasteiger partial charge is 0.319 e. The van der Waals surface area contributed by atoms with Crippen molar-refractivity contribution in [2.75, 3.05) is 5.32 Å². The fourth-order valence-electron chi connectivity index (χ4n) is 3.06. The first-order chi connectivity index (χ1) is 15.3. The number of non-ortho nitro benzene ring substituents is 1. The number of nitrogens with zero attached hydrogens (tertiary/aromatic N) is 4. The standard InChI is InChI=1S/C22H15Cl2N5O3/c1-13-4-2-5-14(10-13)21-26-20(27-28(21)16-8-9-18(23)19(24)12-16)22(30)25-15-6-3-7-17(11-15)29(31)32/h2-12H,1H3,(H,25,30). The van der Waals surface area contributed by atoms with E-state index in [9.17, 15) is 14.9 Å². The first-order valence-corrected chi connectivity index (χ1v) is 10.1. The van der Waals surface area contributed by atoms with Gasteiger partial charge in [0.05, 0.1) is 20.7 Å². The van der Waals surface area contributed by atoms with Gasteiger partial charge in [-0.2, -0.15) is 0 Å². The summed E-state index contributed by atoms with van der Waals surface area (Å²) >= 11 is 12.2. The van der Waals surface area contributed by atoms with Crippen LogP contribution in [0.1, 0.15) is 16.2 Å². The molecule has 0 spiro atoms. The van der Waals surface area contributed by atoms with Crippen molar-refractivity contribution in [3.05, 3.63) is 98.3 Å². The molecule has 4 rings (SSSR count). The SMILES string of the molecule is Cc1cccc(-c2nc(C(=O)Nc3cccc([N+](=O)[O-])c3)nn2-c2ccc(Cl)c(Cl)c2)c1. The van der Waals surface area contributed by atoms with Gasteiger partial charge >= 0.3 is 0 Å². The summed E-state index contributed by atoms with van der Waals surface area (Å²) < 4.78 is 1.50. The molecule has 3 aromatic carbocycles. The van der Waals surface area contributed by atoms with Crippen molar-refractivity contribution in [1.82, 2.24) is 14.8 Å². The van der Waals surface area contributed by atoms with Gasteiger partial charge in [0.1, 0.15) is 0 Å². The Balaban J connectivity index is 1.76. The molecule has 0 atom stereocenters. The van der Waals surface area contributed by atoms with Gasteiger partial charge in [-0.05, 0) is 37.3 Å². The summed E-state index contributed by atoms with van der Waals surface area (Å²) in [4.78, 5) is 27.7. The predicted octanol–water partition coefficient (Wildman–Crippen LogP) is 5.71. The van der Waals surface area contributed by atoms with E-state index < -0.39 is 10.8 Å². The molecule has 0 radical (unpaired) electrons. The van der Waals surface area contributed by atoms with Gasteiger partial charge in [-0.1, -0.05) is 53.0 Å². The average molecular weight is 468 g/mol. The van der Waals surface area contributed by atoms with Gasteiger partial charge < -0.3 is 5.32 Å². The van der Waals surface area contributed by atoms with Crippen LogP contribution in [0, 0.1) is 17.0 Å². The third-order valence-electron chi connectivity index (χ3n) is 4.55. The van der Waals surface area contributed by atoms with Crippen LogP contribution in [-0.4, -0.2) is 25.6 Å². The first-order valence-electron chi connectivity index (χ1n) is 9.37. The number of nitro groups is 1. The lowest BCUT2D eigenvalue weighted by atomic mass is 10.1. The molecule has 32 heavy (non-hydrogen) atoms. The van der Waals surface area contributed by atoms with Crippen molar-refractivity contribution < 1.29 is 9.72 Å². The first kappa shape index (κ1) is 21.5. The Hall–Kier alpha value is -3.75. The average Bonchev–Trinajstić information content (AvgIpc) is 3.21. The summed E-state index contributed by atoms with van der Waals surface area (Å²) in [6.45, 7) is 1.94. The van der Waals surface area contributed by atoms with Gasteiger partial charge in [0.25, 0.3) is 11.6 Å². The number of rotatable bonds is 5. The minimum atomic E-state index is -0.613. The molecule has 4 aromatic rings. The van der Waals surface area contributed by atoms with Crippen LogP contribution in [0.25, 0.3) is 17.1 Å². The normalized spacial score (nSPS) is 10.7. The Labute approximate surface area is 192 Å². The third-order valence-corrected chi connectivity index (χ3v) is 5.29. The van der Waals surface area contributed by atoms with Crippen molar-refractivity contribution in [1.29, 1.82) is 0 Å². The van der Waals surface area contributed by atoms with Crippen molar-refractivity contribution in [3.63, 3.8) is 0 Å². The zero-order valence-corrected chi connectivity index (χ0v) is 18.1. The number of carbonyl (C=O) groups is 1. The Morgan fingerprint density at radius 2 is 1.81 bits per heavy atom. The van der Waals surface area contributed by atoms with E-state index in [-0.39, 0.29) is 17.2 Å². The Morgan fingerprint density at radius 3 is 2.53 bits per heavy atom. The second-order valence-corrected chi connectivity index (χ2v) is 7.71. The zero-order chi connectivity index (χ0) is 22.8. The molecule has 160 valence electrons. The molecule has 0 unspecified atom stereocenters. The van der Waals surface area contributed by atoms with Crippen molar-refractivity contribution >= 4 is 40.5 Å². The van der Waals surface area contributed by atoms with Gasteiger partial charge in [0.15, 0.2) is 5.82 Å². The highest BCUT2D eigenvalue weighted by Crippen LogP contribution is 2.28. The lowest BCUT2D eigenvalue weighted by Crippen LogP contribution is -2.14. The van der Waals surface area contributed by atoms with E-state index in [1.54, 1.807) is 24.3 Å². The number of aromatic nitrogens is 3. The van der Waals surface area contributed by atoms with E-state index in [1.807, 2.05) is 31.2 Å². The Kier molecular flexibility index (Phi) is 5.89. The summed E-state index contributed by atoms with van der Waals surface area (Å²) in [7, 11) is 0. The zero-order valence-electron chi connectivity index (χ0n) is 16.6. The van der Waals surface area contributed by atoms with Gasteiger partial charge in [0.2, 0.25) is 5.82 Å². The van der Waals surface area contributed by atoms with E-state index in [0.717, 1.165) is 11.1 Å². The number of nitro benzene ring substituents is 1. The van der Waals surface area contributed by atoms with Crippen LogP contribution in [0.3, 0.4) is 0 Å². The molecule has 0 saturated carbocycles. The molecule has 10 heteroatoms. The van der Waals surface area contributed by atoms with Crippen molar-refractivity contribution in [3.8, 4) is 17.1 Å². The molecule has 0 aliphatic heterocycles. The molecule has 1 heterocycles. The smallest absolute Gasteiger partial charge is 0.295 e. The number of benzene rings is 3. The van der Waals surface area contributed by atoms with E-state index in [1.165, 1.54) is 22.9 Å². The second kappa shape index (κ2) is 8.78. The molecule has 0 aliphatic carbocycles. The lowest BCUT2D eigenvalue weighted by Gasteiger charge is -2.07. The number of nitrogens with one attached hydrogen (secondary N) is 1. The minimum absolute atomic E-state index is 0.112. The fraction of sp³-hybridized carbons (Fsp3) is 0.0455. The number of amides is 1. The van der Waals surface area contributed by atoms with Crippen molar-refractivity contribution in [2.24, 2.45) is 0 Å². The summed E-state index contributed by atoms with van der Waals surface area (Å²) in [5.74, 6) is -0.298. The number of anilines is 1. The van der Waals surface area contributed by atoms with Crippen molar-refractivity contribution in [2.45, 2.75) is 6.92 Å². The number of carbonyl (C=O) groups excluding carboxylic acids is 1. The van der Waals surface area contributed by atoms with E-state index in [4.69, 9.17) is 23.2 Å². The summed E-state index contributed by atoms with van der Waals surface area (Å²) in [6, 6.07) is 18.2. The Bertz CT molecular complexity index is 1350.